The number of rotatable bonds is 6. The Morgan fingerprint density at radius 1 is 1.21 bits per heavy atom. The van der Waals surface area contributed by atoms with Crippen LogP contribution in [0.2, 0.25) is 0 Å². The molecule has 6 heteroatoms. The van der Waals surface area contributed by atoms with Crippen LogP contribution in [-0.2, 0) is 11.2 Å². The molecular formula is C18H19N3O3. The van der Waals surface area contributed by atoms with Gasteiger partial charge in [0.25, 0.3) is 5.91 Å². The molecule has 0 saturated carbocycles. The molecule has 3 rings (SSSR count). The standard InChI is InChI=1S/C18H19N3O3/c1-12(21-18(23)16-7-4-10-24-16)17(22)19-9-8-13-11-20-15-6-3-2-5-14(13)15/h2-7,10-12,20H,8-9H2,1H3,(H,19,22)(H,21,23). The van der Waals surface area contributed by atoms with Gasteiger partial charge in [0.1, 0.15) is 6.04 Å². The molecule has 2 heterocycles. The van der Waals surface area contributed by atoms with Gasteiger partial charge in [0.2, 0.25) is 5.91 Å². The molecular weight excluding hydrogens is 306 g/mol. The maximum Gasteiger partial charge on any atom is 0.287 e. The molecule has 1 unspecified atom stereocenters. The molecule has 3 aromatic rings. The van der Waals surface area contributed by atoms with Gasteiger partial charge in [0.15, 0.2) is 5.76 Å². The van der Waals surface area contributed by atoms with Gasteiger partial charge in [-0.25, -0.2) is 0 Å². The molecule has 0 fully saturated rings. The lowest BCUT2D eigenvalue weighted by atomic mass is 10.1. The Kier molecular flexibility index (Phi) is 4.65. The van der Waals surface area contributed by atoms with Crippen molar-refractivity contribution in [2.75, 3.05) is 6.54 Å². The van der Waals surface area contributed by atoms with Gasteiger partial charge in [-0.2, -0.15) is 0 Å². The number of para-hydroxylation sites is 1. The molecule has 6 nitrogen and oxygen atoms in total. The van der Waals surface area contributed by atoms with Crippen molar-refractivity contribution in [3.63, 3.8) is 0 Å². The summed E-state index contributed by atoms with van der Waals surface area (Å²) in [5, 5.41) is 6.60. The molecule has 2 amide bonds. The SMILES string of the molecule is CC(NC(=O)c1ccco1)C(=O)NCCc1c[nH]c2ccccc12. The highest BCUT2D eigenvalue weighted by Crippen LogP contribution is 2.17. The molecule has 0 spiro atoms. The smallest absolute Gasteiger partial charge is 0.287 e. The molecule has 24 heavy (non-hydrogen) atoms. The minimum absolute atomic E-state index is 0.188. The first-order valence-corrected chi connectivity index (χ1v) is 7.82. The highest BCUT2D eigenvalue weighted by molar-refractivity contribution is 5.95. The predicted molar refractivity (Wildman–Crippen MR) is 90.6 cm³/mol. The van der Waals surface area contributed by atoms with Gasteiger partial charge in [-0.05, 0) is 37.1 Å². The summed E-state index contributed by atoms with van der Waals surface area (Å²) >= 11 is 0. The van der Waals surface area contributed by atoms with Crippen molar-refractivity contribution in [1.29, 1.82) is 0 Å². The van der Waals surface area contributed by atoms with E-state index in [0.29, 0.717) is 13.0 Å². The monoisotopic (exact) mass is 325 g/mol. The molecule has 2 aromatic heterocycles. The fraction of sp³-hybridized carbons (Fsp3) is 0.222. The Hall–Kier alpha value is -3.02. The van der Waals surface area contributed by atoms with Gasteiger partial charge in [0, 0.05) is 23.6 Å². The molecule has 1 atom stereocenters. The zero-order valence-corrected chi connectivity index (χ0v) is 13.3. The number of aromatic nitrogens is 1. The van der Waals surface area contributed by atoms with Crippen molar-refractivity contribution in [1.82, 2.24) is 15.6 Å². The van der Waals surface area contributed by atoms with Crippen molar-refractivity contribution >= 4 is 22.7 Å². The normalized spacial score (nSPS) is 12.0. The highest BCUT2D eigenvalue weighted by atomic mass is 16.3. The molecule has 124 valence electrons. The first-order valence-electron chi connectivity index (χ1n) is 7.82. The number of aromatic amines is 1. The minimum Gasteiger partial charge on any atom is -0.459 e. The van der Waals surface area contributed by atoms with E-state index in [1.54, 1.807) is 19.1 Å². The largest absolute Gasteiger partial charge is 0.459 e. The van der Waals surface area contributed by atoms with Crippen LogP contribution in [0.15, 0.2) is 53.3 Å². The van der Waals surface area contributed by atoms with Crippen LogP contribution in [0.4, 0.5) is 0 Å². The van der Waals surface area contributed by atoms with Crippen LogP contribution in [0.25, 0.3) is 10.9 Å². The van der Waals surface area contributed by atoms with E-state index in [1.807, 2.05) is 24.4 Å². The van der Waals surface area contributed by atoms with E-state index >= 15 is 0 Å². The van der Waals surface area contributed by atoms with Crippen LogP contribution >= 0.6 is 0 Å². The lowest BCUT2D eigenvalue weighted by molar-refractivity contribution is -0.122. The van der Waals surface area contributed by atoms with Gasteiger partial charge in [-0.15, -0.1) is 0 Å². The van der Waals surface area contributed by atoms with Crippen LogP contribution < -0.4 is 10.6 Å². The molecule has 0 aliphatic rings. The maximum absolute atomic E-state index is 12.1. The van der Waals surface area contributed by atoms with Crippen molar-refractivity contribution in [2.45, 2.75) is 19.4 Å². The third-order valence-corrected chi connectivity index (χ3v) is 3.85. The number of fused-ring (bicyclic) bond motifs is 1. The number of H-pyrrole nitrogens is 1. The molecule has 0 radical (unpaired) electrons. The van der Waals surface area contributed by atoms with Crippen LogP contribution in [0.1, 0.15) is 23.0 Å². The number of nitrogens with one attached hydrogen (secondary N) is 3. The lowest BCUT2D eigenvalue weighted by Crippen LogP contribution is -2.45. The summed E-state index contributed by atoms with van der Waals surface area (Å²) in [5.41, 5.74) is 2.23. The summed E-state index contributed by atoms with van der Waals surface area (Å²) in [6.45, 7) is 2.14. The number of amides is 2. The molecule has 3 N–H and O–H groups in total. The van der Waals surface area contributed by atoms with E-state index in [-0.39, 0.29) is 11.7 Å². The van der Waals surface area contributed by atoms with Crippen molar-refractivity contribution in [3.8, 4) is 0 Å². The third-order valence-electron chi connectivity index (χ3n) is 3.85. The van der Waals surface area contributed by atoms with Crippen LogP contribution in [0.3, 0.4) is 0 Å². The van der Waals surface area contributed by atoms with Crippen LogP contribution in [0, 0.1) is 0 Å². The van der Waals surface area contributed by atoms with Crippen LogP contribution in [-0.4, -0.2) is 29.4 Å². The Morgan fingerprint density at radius 3 is 2.83 bits per heavy atom. The van der Waals surface area contributed by atoms with Gasteiger partial charge in [0.05, 0.1) is 6.26 Å². The lowest BCUT2D eigenvalue weighted by Gasteiger charge is -2.13. The summed E-state index contributed by atoms with van der Waals surface area (Å²) in [5.74, 6) is -0.442. The number of benzene rings is 1. The van der Waals surface area contributed by atoms with E-state index in [9.17, 15) is 9.59 Å². The zero-order valence-electron chi connectivity index (χ0n) is 13.3. The Morgan fingerprint density at radius 2 is 2.04 bits per heavy atom. The van der Waals surface area contributed by atoms with Gasteiger partial charge in [-0.1, -0.05) is 18.2 Å². The summed E-state index contributed by atoms with van der Waals surface area (Å²) in [6, 6.07) is 10.6. The Bertz CT molecular complexity index is 836. The van der Waals surface area contributed by atoms with E-state index in [1.165, 1.54) is 6.26 Å². The number of carbonyl (C=O) groups is 2. The number of carbonyl (C=O) groups excluding carboxylic acids is 2. The summed E-state index contributed by atoms with van der Waals surface area (Å²) in [6.07, 6.45) is 4.09. The van der Waals surface area contributed by atoms with Crippen molar-refractivity contribution in [2.24, 2.45) is 0 Å². The highest BCUT2D eigenvalue weighted by Gasteiger charge is 2.17. The summed E-state index contributed by atoms with van der Waals surface area (Å²) in [7, 11) is 0. The second kappa shape index (κ2) is 7.04. The van der Waals surface area contributed by atoms with E-state index in [2.05, 4.69) is 21.7 Å². The molecule has 0 aliphatic carbocycles. The summed E-state index contributed by atoms with van der Waals surface area (Å²) in [4.78, 5) is 27.1. The van der Waals surface area contributed by atoms with Gasteiger partial charge < -0.3 is 20.0 Å². The fourth-order valence-corrected chi connectivity index (χ4v) is 2.55. The fourth-order valence-electron chi connectivity index (χ4n) is 2.55. The van der Waals surface area contributed by atoms with Gasteiger partial charge in [-0.3, -0.25) is 9.59 Å². The quantitative estimate of drug-likeness (QED) is 0.649. The topological polar surface area (TPSA) is 87.1 Å². The first-order chi connectivity index (χ1) is 11.6. The van der Waals surface area contributed by atoms with Crippen molar-refractivity contribution < 1.29 is 14.0 Å². The Balaban J connectivity index is 1.49. The second-order valence-electron chi connectivity index (χ2n) is 5.57. The van der Waals surface area contributed by atoms with E-state index < -0.39 is 11.9 Å². The van der Waals surface area contributed by atoms with Gasteiger partial charge >= 0.3 is 0 Å². The average molecular weight is 325 g/mol. The second-order valence-corrected chi connectivity index (χ2v) is 5.57. The summed E-state index contributed by atoms with van der Waals surface area (Å²) < 4.78 is 5.00. The molecule has 0 bridgehead atoms. The Labute approximate surface area is 139 Å². The molecule has 0 saturated heterocycles. The first kappa shape index (κ1) is 15.9. The maximum atomic E-state index is 12.1. The third kappa shape index (κ3) is 3.48. The zero-order chi connectivity index (χ0) is 16.9. The minimum atomic E-state index is -0.634. The molecule has 0 aliphatic heterocycles. The van der Waals surface area contributed by atoms with E-state index in [4.69, 9.17) is 4.42 Å². The number of hydrogen-bond acceptors (Lipinski definition) is 3. The predicted octanol–water partition coefficient (Wildman–Crippen LogP) is 2.24. The van der Waals surface area contributed by atoms with E-state index in [0.717, 1.165) is 16.5 Å². The van der Waals surface area contributed by atoms with Crippen molar-refractivity contribution in [3.05, 3.63) is 60.2 Å². The average Bonchev–Trinajstić information content (AvgIpc) is 3.24. The number of furan rings is 1. The van der Waals surface area contributed by atoms with Crippen LogP contribution in [0.5, 0.6) is 0 Å². The number of hydrogen-bond donors (Lipinski definition) is 3. The molecule has 1 aromatic carbocycles.